The van der Waals surface area contributed by atoms with Crippen LogP contribution in [-0.4, -0.2) is 23.9 Å². The van der Waals surface area contributed by atoms with Gasteiger partial charge in [-0.3, -0.25) is 0 Å². The van der Waals surface area contributed by atoms with Gasteiger partial charge in [0.2, 0.25) is 0 Å². The minimum absolute atomic E-state index is 0.433. The lowest BCUT2D eigenvalue weighted by Crippen LogP contribution is -2.16. The van der Waals surface area contributed by atoms with Crippen molar-refractivity contribution in [1.29, 1.82) is 0 Å². The Morgan fingerprint density at radius 1 is 1.45 bits per heavy atom. The van der Waals surface area contributed by atoms with Crippen molar-refractivity contribution in [3.8, 4) is 0 Å². The summed E-state index contributed by atoms with van der Waals surface area (Å²) in [6.45, 7) is 4.25. The van der Waals surface area contributed by atoms with Gasteiger partial charge in [-0.05, 0) is 13.8 Å². The maximum Gasteiger partial charge on any atom is 0.126 e. The normalized spacial score (nSPS) is 10.6. The third-order valence-corrected chi connectivity index (χ3v) is 1.60. The highest BCUT2D eigenvalue weighted by atomic mass is 15.4. The van der Waals surface area contributed by atoms with Crippen LogP contribution >= 0.6 is 0 Å². The van der Waals surface area contributed by atoms with E-state index >= 15 is 0 Å². The number of hydrogen-bond donors (Lipinski definition) is 0. The lowest BCUT2D eigenvalue weighted by molar-refractivity contribution is 0.532. The van der Waals surface area contributed by atoms with Crippen molar-refractivity contribution in [2.45, 2.75) is 19.9 Å². The zero-order chi connectivity index (χ0) is 8.43. The van der Waals surface area contributed by atoms with Crippen molar-refractivity contribution < 1.29 is 0 Å². The molecular weight excluding hydrogens is 138 g/mol. The molecule has 62 valence electrons. The first kappa shape index (κ1) is 8.11. The molecule has 1 heterocycles. The van der Waals surface area contributed by atoms with E-state index in [4.69, 9.17) is 0 Å². The second kappa shape index (κ2) is 2.95. The molecule has 0 radical (unpaired) electrons. The van der Waals surface area contributed by atoms with Crippen LogP contribution in [0.1, 0.15) is 19.9 Å². The first-order valence-corrected chi connectivity index (χ1v) is 3.83. The van der Waals surface area contributed by atoms with Crippen molar-refractivity contribution in [3.63, 3.8) is 0 Å². The average molecular weight is 153 g/mol. The van der Waals surface area contributed by atoms with Crippen LogP contribution in [0.5, 0.6) is 0 Å². The predicted octanol–water partition coefficient (Wildman–Crippen LogP) is 1.53. The Bertz CT molecular complexity index is 202. The summed E-state index contributed by atoms with van der Waals surface area (Å²) in [5.74, 6) is 1.15. The van der Waals surface area contributed by atoms with Crippen molar-refractivity contribution in [2.75, 3.05) is 19.0 Å². The van der Waals surface area contributed by atoms with Crippen LogP contribution < -0.4 is 4.90 Å². The summed E-state index contributed by atoms with van der Waals surface area (Å²) in [5, 5.41) is 4.21. The third kappa shape index (κ3) is 1.53. The van der Waals surface area contributed by atoms with Gasteiger partial charge >= 0.3 is 0 Å². The summed E-state index contributed by atoms with van der Waals surface area (Å²) in [4.78, 5) is 2.06. The van der Waals surface area contributed by atoms with Gasteiger partial charge in [-0.1, -0.05) is 0 Å². The molecule has 0 amide bonds. The summed E-state index contributed by atoms with van der Waals surface area (Å²) in [7, 11) is 4.05. The molecule has 0 bridgehead atoms. The molecule has 0 saturated heterocycles. The molecule has 0 aliphatic heterocycles. The molecule has 3 heteroatoms. The highest BCUT2D eigenvalue weighted by molar-refractivity contribution is 5.36. The Labute approximate surface area is 67.6 Å². The van der Waals surface area contributed by atoms with E-state index in [0.29, 0.717) is 6.04 Å². The van der Waals surface area contributed by atoms with Crippen molar-refractivity contribution >= 4 is 5.82 Å². The van der Waals surface area contributed by atoms with E-state index in [1.807, 2.05) is 31.0 Å². The summed E-state index contributed by atoms with van der Waals surface area (Å²) in [6.07, 6.45) is 1.83. The summed E-state index contributed by atoms with van der Waals surface area (Å²) < 4.78 is 2.00. The molecule has 11 heavy (non-hydrogen) atoms. The molecule has 1 aromatic rings. The van der Waals surface area contributed by atoms with Crippen molar-refractivity contribution in [1.82, 2.24) is 9.78 Å². The molecule has 1 aromatic heterocycles. The molecular formula is C8H15N3. The van der Waals surface area contributed by atoms with Crippen LogP contribution in [0.4, 0.5) is 5.82 Å². The van der Waals surface area contributed by atoms with Gasteiger partial charge in [-0.25, -0.2) is 4.68 Å². The van der Waals surface area contributed by atoms with Gasteiger partial charge in [0.05, 0.1) is 6.20 Å². The lowest BCUT2D eigenvalue weighted by Gasteiger charge is -2.16. The van der Waals surface area contributed by atoms with E-state index in [9.17, 15) is 0 Å². The fraction of sp³-hybridized carbons (Fsp3) is 0.625. The Balaban J connectivity index is 2.96. The maximum absolute atomic E-state index is 4.21. The fourth-order valence-corrected chi connectivity index (χ4v) is 1.06. The largest absolute Gasteiger partial charge is 0.363 e. The van der Waals surface area contributed by atoms with E-state index in [1.54, 1.807) is 0 Å². The Hall–Kier alpha value is -0.990. The molecule has 0 N–H and O–H groups in total. The molecule has 0 saturated carbocycles. The standard InChI is InChI=1S/C8H15N3/c1-7(2)11-8(10(3)4)5-6-9-11/h5-7H,1-4H3. The molecule has 0 aliphatic carbocycles. The minimum Gasteiger partial charge on any atom is -0.363 e. The zero-order valence-electron chi connectivity index (χ0n) is 7.57. The lowest BCUT2D eigenvalue weighted by atomic mass is 10.4. The van der Waals surface area contributed by atoms with Gasteiger partial charge in [0, 0.05) is 26.2 Å². The van der Waals surface area contributed by atoms with E-state index < -0.39 is 0 Å². The van der Waals surface area contributed by atoms with E-state index in [-0.39, 0.29) is 0 Å². The van der Waals surface area contributed by atoms with Gasteiger partial charge < -0.3 is 4.90 Å². The molecule has 3 nitrogen and oxygen atoms in total. The number of rotatable bonds is 2. The molecule has 0 fully saturated rings. The van der Waals surface area contributed by atoms with Crippen LogP contribution in [0.25, 0.3) is 0 Å². The van der Waals surface area contributed by atoms with Crippen LogP contribution in [-0.2, 0) is 0 Å². The summed E-state index contributed by atoms with van der Waals surface area (Å²) in [6, 6.07) is 2.45. The fourth-order valence-electron chi connectivity index (χ4n) is 1.06. The highest BCUT2D eigenvalue weighted by Crippen LogP contribution is 2.14. The Kier molecular flexibility index (Phi) is 2.17. The van der Waals surface area contributed by atoms with Gasteiger partial charge in [0.15, 0.2) is 0 Å². The first-order chi connectivity index (χ1) is 5.13. The number of hydrogen-bond acceptors (Lipinski definition) is 2. The maximum atomic E-state index is 4.21. The van der Waals surface area contributed by atoms with Crippen LogP contribution in [0.15, 0.2) is 12.3 Å². The topological polar surface area (TPSA) is 21.1 Å². The van der Waals surface area contributed by atoms with Crippen LogP contribution in [0.3, 0.4) is 0 Å². The minimum atomic E-state index is 0.433. The molecule has 0 atom stereocenters. The number of nitrogens with zero attached hydrogens (tertiary/aromatic N) is 3. The monoisotopic (exact) mass is 153 g/mol. The SMILES string of the molecule is CC(C)n1nccc1N(C)C. The van der Waals surface area contributed by atoms with Gasteiger partial charge in [-0.2, -0.15) is 5.10 Å². The third-order valence-electron chi connectivity index (χ3n) is 1.60. The molecule has 0 aromatic carbocycles. The van der Waals surface area contributed by atoms with Crippen molar-refractivity contribution in [2.24, 2.45) is 0 Å². The highest BCUT2D eigenvalue weighted by Gasteiger charge is 2.05. The second-order valence-electron chi connectivity index (χ2n) is 3.12. The summed E-state index contributed by atoms with van der Waals surface area (Å²) >= 11 is 0. The van der Waals surface area contributed by atoms with Crippen molar-refractivity contribution in [3.05, 3.63) is 12.3 Å². The first-order valence-electron chi connectivity index (χ1n) is 3.83. The Morgan fingerprint density at radius 3 is 2.45 bits per heavy atom. The van der Waals surface area contributed by atoms with E-state index in [1.165, 1.54) is 0 Å². The van der Waals surface area contributed by atoms with Crippen LogP contribution in [0.2, 0.25) is 0 Å². The molecule has 0 aliphatic rings. The van der Waals surface area contributed by atoms with E-state index in [2.05, 4.69) is 23.8 Å². The predicted molar refractivity (Wildman–Crippen MR) is 46.9 cm³/mol. The summed E-state index contributed by atoms with van der Waals surface area (Å²) in [5.41, 5.74) is 0. The van der Waals surface area contributed by atoms with Gasteiger partial charge in [0.25, 0.3) is 0 Å². The number of aromatic nitrogens is 2. The zero-order valence-corrected chi connectivity index (χ0v) is 7.57. The molecule has 0 unspecified atom stereocenters. The van der Waals surface area contributed by atoms with E-state index in [0.717, 1.165) is 5.82 Å². The second-order valence-corrected chi connectivity index (χ2v) is 3.12. The van der Waals surface area contributed by atoms with Gasteiger partial charge in [0.1, 0.15) is 5.82 Å². The molecule has 0 spiro atoms. The quantitative estimate of drug-likeness (QED) is 0.642. The van der Waals surface area contributed by atoms with Gasteiger partial charge in [-0.15, -0.1) is 0 Å². The number of anilines is 1. The molecule has 1 rings (SSSR count). The average Bonchev–Trinajstić information content (AvgIpc) is 2.32. The van der Waals surface area contributed by atoms with Crippen LogP contribution in [0, 0.1) is 0 Å². The smallest absolute Gasteiger partial charge is 0.126 e. The Morgan fingerprint density at radius 2 is 2.09 bits per heavy atom.